The first kappa shape index (κ1) is 18.1. The van der Waals surface area contributed by atoms with Gasteiger partial charge in [0, 0.05) is 0 Å². The summed E-state index contributed by atoms with van der Waals surface area (Å²) >= 11 is 0. The number of methoxy groups -OCH3 is 4. The molecule has 0 aliphatic carbocycles. The van der Waals surface area contributed by atoms with Gasteiger partial charge >= 0.3 is 5.97 Å². The fraction of sp³-hybridized carbons (Fsp3) is 0.222. The summed E-state index contributed by atoms with van der Waals surface area (Å²) < 4.78 is 21.0. The lowest BCUT2D eigenvalue weighted by molar-refractivity contribution is 0.0695. The zero-order valence-corrected chi connectivity index (χ0v) is 14.3. The Morgan fingerprint density at radius 2 is 1.16 bits per heavy atom. The number of hydrogen-bond acceptors (Lipinski definition) is 6. The third kappa shape index (κ3) is 3.35. The van der Waals surface area contributed by atoms with Crippen molar-refractivity contribution in [3.05, 3.63) is 47.0 Å². The highest BCUT2D eigenvalue weighted by atomic mass is 16.5. The molecule has 7 nitrogen and oxygen atoms in total. The van der Waals surface area contributed by atoms with Crippen LogP contribution in [0.4, 0.5) is 0 Å². The van der Waals surface area contributed by atoms with Crippen LogP contribution in [0.1, 0.15) is 26.3 Å². The second-order valence-electron chi connectivity index (χ2n) is 4.93. The molecule has 2 rings (SSSR count). The van der Waals surface area contributed by atoms with Gasteiger partial charge in [0.05, 0.1) is 34.0 Å². The molecule has 0 fully saturated rings. The van der Waals surface area contributed by atoms with Crippen LogP contribution in [0.15, 0.2) is 30.3 Å². The molecular formula is C18H18O7. The van der Waals surface area contributed by atoms with Gasteiger partial charge in [0.25, 0.3) is 0 Å². The van der Waals surface area contributed by atoms with Crippen LogP contribution in [0, 0.1) is 0 Å². The van der Waals surface area contributed by atoms with E-state index in [1.807, 2.05) is 0 Å². The molecule has 0 spiro atoms. The summed E-state index contributed by atoms with van der Waals surface area (Å²) in [6, 6.07) is 7.47. The zero-order chi connectivity index (χ0) is 18.6. The molecule has 0 saturated heterocycles. The van der Waals surface area contributed by atoms with Gasteiger partial charge < -0.3 is 24.1 Å². The summed E-state index contributed by atoms with van der Waals surface area (Å²) in [5, 5.41) is 9.20. The van der Waals surface area contributed by atoms with E-state index in [9.17, 15) is 14.7 Å². The van der Waals surface area contributed by atoms with Crippen LogP contribution < -0.4 is 18.9 Å². The molecule has 2 aromatic carbocycles. The third-order valence-electron chi connectivity index (χ3n) is 3.63. The molecule has 25 heavy (non-hydrogen) atoms. The standard InChI is InChI=1S/C18H18O7/c1-22-11-6-5-7-12(23-2)15(11)17(19)16-13(24-3)8-10(18(20)21)9-14(16)25-4/h5-9H,1-4H3,(H,20,21). The maximum atomic E-state index is 13.2. The first-order valence-corrected chi connectivity index (χ1v) is 7.23. The molecule has 0 radical (unpaired) electrons. The summed E-state index contributed by atoms with van der Waals surface area (Å²) in [7, 11) is 5.56. The maximum absolute atomic E-state index is 13.2. The third-order valence-corrected chi connectivity index (χ3v) is 3.63. The Labute approximate surface area is 144 Å². The molecule has 1 N–H and O–H groups in total. The lowest BCUT2D eigenvalue weighted by Crippen LogP contribution is -2.11. The highest BCUT2D eigenvalue weighted by Gasteiger charge is 2.27. The van der Waals surface area contributed by atoms with Gasteiger partial charge in [-0.05, 0) is 24.3 Å². The smallest absolute Gasteiger partial charge is 0.335 e. The molecule has 0 amide bonds. The summed E-state index contributed by atoms with van der Waals surface area (Å²) in [6.07, 6.45) is 0. The predicted octanol–water partition coefficient (Wildman–Crippen LogP) is 2.65. The number of ketones is 1. The SMILES string of the molecule is COc1cccc(OC)c1C(=O)c1c(OC)cc(C(=O)O)cc1OC. The van der Waals surface area contributed by atoms with Crippen molar-refractivity contribution in [3.8, 4) is 23.0 Å². The van der Waals surface area contributed by atoms with Crippen molar-refractivity contribution >= 4 is 11.8 Å². The second kappa shape index (κ2) is 7.57. The Bertz CT molecular complexity index is 764. The summed E-state index contributed by atoms with van der Waals surface area (Å²) in [6.45, 7) is 0. The van der Waals surface area contributed by atoms with Crippen molar-refractivity contribution in [1.82, 2.24) is 0 Å². The van der Waals surface area contributed by atoms with E-state index in [1.54, 1.807) is 18.2 Å². The van der Waals surface area contributed by atoms with Gasteiger partial charge in [0.1, 0.15) is 34.1 Å². The topological polar surface area (TPSA) is 91.3 Å². The van der Waals surface area contributed by atoms with Gasteiger partial charge in [-0.25, -0.2) is 4.79 Å². The Hall–Kier alpha value is -3.22. The van der Waals surface area contributed by atoms with E-state index in [0.29, 0.717) is 11.5 Å². The maximum Gasteiger partial charge on any atom is 0.335 e. The molecule has 0 saturated carbocycles. The molecular weight excluding hydrogens is 328 g/mol. The van der Waals surface area contributed by atoms with Crippen molar-refractivity contribution in [2.45, 2.75) is 0 Å². The lowest BCUT2D eigenvalue weighted by Gasteiger charge is -2.16. The molecule has 7 heteroatoms. The zero-order valence-electron chi connectivity index (χ0n) is 14.3. The monoisotopic (exact) mass is 346 g/mol. The number of hydrogen-bond donors (Lipinski definition) is 1. The highest BCUT2D eigenvalue weighted by Crippen LogP contribution is 2.37. The minimum atomic E-state index is -1.16. The Morgan fingerprint density at radius 3 is 1.52 bits per heavy atom. The summed E-state index contributed by atoms with van der Waals surface area (Å²) in [5.41, 5.74) is 0.210. The average molecular weight is 346 g/mol. The number of ether oxygens (including phenoxy) is 4. The van der Waals surface area contributed by atoms with Crippen LogP contribution in [0.25, 0.3) is 0 Å². The van der Waals surface area contributed by atoms with Gasteiger partial charge in [-0.2, -0.15) is 0 Å². The van der Waals surface area contributed by atoms with E-state index in [4.69, 9.17) is 18.9 Å². The van der Waals surface area contributed by atoms with Crippen LogP contribution in [0.2, 0.25) is 0 Å². The highest BCUT2D eigenvalue weighted by molar-refractivity contribution is 6.16. The van der Waals surface area contributed by atoms with E-state index in [-0.39, 0.29) is 28.2 Å². The van der Waals surface area contributed by atoms with Crippen molar-refractivity contribution in [1.29, 1.82) is 0 Å². The molecule has 0 heterocycles. The van der Waals surface area contributed by atoms with E-state index in [1.165, 1.54) is 40.6 Å². The van der Waals surface area contributed by atoms with Gasteiger partial charge in [0.15, 0.2) is 0 Å². The molecule has 0 aliphatic rings. The summed E-state index contributed by atoms with van der Waals surface area (Å²) in [4.78, 5) is 24.4. The van der Waals surface area contributed by atoms with Crippen molar-refractivity contribution in [2.75, 3.05) is 28.4 Å². The van der Waals surface area contributed by atoms with E-state index < -0.39 is 11.8 Å². The van der Waals surface area contributed by atoms with Gasteiger partial charge in [0.2, 0.25) is 5.78 Å². The number of aromatic carboxylic acids is 1. The number of carbonyl (C=O) groups excluding carboxylic acids is 1. The Morgan fingerprint density at radius 1 is 0.760 bits per heavy atom. The predicted molar refractivity (Wildman–Crippen MR) is 89.5 cm³/mol. The Kier molecular flexibility index (Phi) is 5.49. The molecule has 0 bridgehead atoms. The van der Waals surface area contributed by atoms with Crippen molar-refractivity contribution in [3.63, 3.8) is 0 Å². The normalized spacial score (nSPS) is 10.1. The number of benzene rings is 2. The van der Waals surface area contributed by atoms with Crippen LogP contribution in [-0.2, 0) is 0 Å². The Balaban J connectivity index is 2.74. The fourth-order valence-corrected chi connectivity index (χ4v) is 2.46. The van der Waals surface area contributed by atoms with E-state index in [0.717, 1.165) is 0 Å². The van der Waals surface area contributed by atoms with Gasteiger partial charge in [-0.1, -0.05) is 6.07 Å². The van der Waals surface area contributed by atoms with E-state index in [2.05, 4.69) is 0 Å². The van der Waals surface area contributed by atoms with Gasteiger partial charge in [-0.3, -0.25) is 4.79 Å². The number of rotatable bonds is 7. The van der Waals surface area contributed by atoms with E-state index >= 15 is 0 Å². The molecule has 0 aromatic heterocycles. The van der Waals surface area contributed by atoms with Crippen molar-refractivity contribution in [2.24, 2.45) is 0 Å². The lowest BCUT2D eigenvalue weighted by atomic mass is 9.98. The molecule has 2 aromatic rings. The quantitative estimate of drug-likeness (QED) is 0.771. The second-order valence-corrected chi connectivity index (χ2v) is 4.93. The fourth-order valence-electron chi connectivity index (χ4n) is 2.46. The van der Waals surface area contributed by atoms with Crippen LogP contribution in [0.3, 0.4) is 0 Å². The summed E-state index contributed by atoms with van der Waals surface area (Å²) in [5.74, 6) is -0.846. The molecule has 132 valence electrons. The first-order chi connectivity index (χ1) is 12.0. The van der Waals surface area contributed by atoms with Crippen LogP contribution >= 0.6 is 0 Å². The minimum absolute atomic E-state index is 0.0581. The van der Waals surface area contributed by atoms with Crippen molar-refractivity contribution < 1.29 is 33.6 Å². The van der Waals surface area contributed by atoms with Crippen LogP contribution in [-0.4, -0.2) is 45.3 Å². The van der Waals surface area contributed by atoms with Gasteiger partial charge in [-0.15, -0.1) is 0 Å². The first-order valence-electron chi connectivity index (χ1n) is 7.23. The average Bonchev–Trinajstić information content (AvgIpc) is 2.65. The number of carboxylic acid groups (broad SMARTS) is 1. The molecule has 0 unspecified atom stereocenters. The molecule has 0 aliphatic heterocycles. The minimum Gasteiger partial charge on any atom is -0.496 e. The largest absolute Gasteiger partial charge is 0.496 e. The van der Waals surface area contributed by atoms with Crippen LogP contribution in [0.5, 0.6) is 23.0 Å². The number of carboxylic acids is 1. The molecule has 0 atom stereocenters. The number of carbonyl (C=O) groups is 2.